The van der Waals surface area contributed by atoms with Crippen molar-refractivity contribution in [3.63, 3.8) is 0 Å². The van der Waals surface area contributed by atoms with Crippen LogP contribution in [0, 0.1) is 11.3 Å². The van der Waals surface area contributed by atoms with Crippen molar-refractivity contribution in [3.05, 3.63) is 23.9 Å². The van der Waals surface area contributed by atoms with Crippen LogP contribution in [0.2, 0.25) is 0 Å². The normalized spacial score (nSPS) is 16.8. The van der Waals surface area contributed by atoms with E-state index in [-0.39, 0.29) is 0 Å². The molecule has 5 heteroatoms. The maximum absolute atomic E-state index is 8.95. The Balaban J connectivity index is 1.79. The van der Waals surface area contributed by atoms with Crippen molar-refractivity contribution in [2.75, 3.05) is 44.7 Å². The highest BCUT2D eigenvalue weighted by Gasteiger charge is 2.08. The number of nitriles is 1. The van der Waals surface area contributed by atoms with E-state index in [1.807, 2.05) is 0 Å². The SMILES string of the molecule is N#Cc1cccnc1NCCN1CCCOCC1. The molecule has 0 aliphatic carbocycles. The number of ether oxygens (including phenoxy) is 1. The summed E-state index contributed by atoms with van der Waals surface area (Å²) >= 11 is 0. The van der Waals surface area contributed by atoms with Gasteiger partial charge in [0.25, 0.3) is 0 Å². The Morgan fingerprint density at radius 2 is 2.39 bits per heavy atom. The molecule has 5 nitrogen and oxygen atoms in total. The largest absolute Gasteiger partial charge is 0.380 e. The van der Waals surface area contributed by atoms with Crippen molar-refractivity contribution in [1.82, 2.24) is 9.88 Å². The lowest BCUT2D eigenvalue weighted by molar-refractivity contribution is 0.142. The second kappa shape index (κ2) is 6.94. The molecule has 0 bridgehead atoms. The van der Waals surface area contributed by atoms with Gasteiger partial charge in [-0.1, -0.05) is 0 Å². The third-order valence-electron chi connectivity index (χ3n) is 2.96. The third kappa shape index (κ3) is 3.69. The number of anilines is 1. The number of nitrogens with zero attached hydrogens (tertiary/aromatic N) is 3. The van der Waals surface area contributed by atoms with Crippen LogP contribution < -0.4 is 5.32 Å². The lowest BCUT2D eigenvalue weighted by atomic mass is 10.3. The van der Waals surface area contributed by atoms with Crippen LogP contribution in [-0.4, -0.2) is 49.3 Å². The van der Waals surface area contributed by atoms with Crippen molar-refractivity contribution >= 4 is 5.82 Å². The van der Waals surface area contributed by atoms with E-state index in [2.05, 4.69) is 21.3 Å². The molecule has 2 heterocycles. The number of aromatic nitrogens is 1. The van der Waals surface area contributed by atoms with E-state index >= 15 is 0 Å². The summed E-state index contributed by atoms with van der Waals surface area (Å²) in [5, 5.41) is 12.2. The van der Waals surface area contributed by atoms with Crippen molar-refractivity contribution in [3.8, 4) is 6.07 Å². The molecule has 0 spiro atoms. The summed E-state index contributed by atoms with van der Waals surface area (Å²) in [7, 11) is 0. The van der Waals surface area contributed by atoms with Crippen LogP contribution in [0.15, 0.2) is 18.3 Å². The first-order chi connectivity index (χ1) is 8.90. The lowest BCUT2D eigenvalue weighted by Gasteiger charge is -2.19. The summed E-state index contributed by atoms with van der Waals surface area (Å²) < 4.78 is 5.41. The minimum Gasteiger partial charge on any atom is -0.380 e. The van der Waals surface area contributed by atoms with Crippen LogP contribution >= 0.6 is 0 Å². The Labute approximate surface area is 107 Å². The van der Waals surface area contributed by atoms with Gasteiger partial charge >= 0.3 is 0 Å². The molecule has 0 aromatic carbocycles. The van der Waals surface area contributed by atoms with Gasteiger partial charge in [-0.15, -0.1) is 0 Å². The Morgan fingerprint density at radius 1 is 1.44 bits per heavy atom. The average molecular weight is 246 g/mol. The number of nitrogens with one attached hydrogen (secondary N) is 1. The van der Waals surface area contributed by atoms with E-state index < -0.39 is 0 Å². The molecular weight excluding hydrogens is 228 g/mol. The first kappa shape index (κ1) is 12.8. The quantitative estimate of drug-likeness (QED) is 0.861. The predicted molar refractivity (Wildman–Crippen MR) is 69.3 cm³/mol. The van der Waals surface area contributed by atoms with Gasteiger partial charge in [-0.3, -0.25) is 4.90 Å². The molecule has 1 aliphatic heterocycles. The van der Waals surface area contributed by atoms with Gasteiger partial charge in [0, 0.05) is 39.0 Å². The van der Waals surface area contributed by atoms with Crippen molar-refractivity contribution in [2.45, 2.75) is 6.42 Å². The highest BCUT2D eigenvalue weighted by Crippen LogP contribution is 2.09. The molecule has 96 valence electrons. The van der Waals surface area contributed by atoms with Crippen LogP contribution in [0.1, 0.15) is 12.0 Å². The molecule has 1 aromatic heterocycles. The van der Waals surface area contributed by atoms with E-state index in [1.165, 1.54) is 0 Å². The molecule has 1 aliphatic rings. The van der Waals surface area contributed by atoms with E-state index in [1.54, 1.807) is 18.3 Å². The smallest absolute Gasteiger partial charge is 0.143 e. The Kier molecular flexibility index (Phi) is 4.94. The molecule has 0 unspecified atom stereocenters. The maximum Gasteiger partial charge on any atom is 0.143 e. The third-order valence-corrected chi connectivity index (χ3v) is 2.96. The van der Waals surface area contributed by atoms with E-state index in [0.717, 1.165) is 45.8 Å². The van der Waals surface area contributed by atoms with Gasteiger partial charge in [0.05, 0.1) is 12.2 Å². The van der Waals surface area contributed by atoms with Gasteiger partial charge in [0.15, 0.2) is 0 Å². The van der Waals surface area contributed by atoms with Gasteiger partial charge in [-0.2, -0.15) is 5.26 Å². The summed E-state index contributed by atoms with van der Waals surface area (Å²) in [4.78, 5) is 6.54. The molecular formula is C13H18N4O. The van der Waals surface area contributed by atoms with E-state index in [9.17, 15) is 0 Å². The topological polar surface area (TPSA) is 61.2 Å². The Hall–Kier alpha value is -1.64. The van der Waals surface area contributed by atoms with Gasteiger partial charge in [0.1, 0.15) is 11.9 Å². The Morgan fingerprint density at radius 3 is 3.28 bits per heavy atom. The van der Waals surface area contributed by atoms with Crippen molar-refractivity contribution in [1.29, 1.82) is 5.26 Å². The van der Waals surface area contributed by atoms with E-state index in [0.29, 0.717) is 11.4 Å². The van der Waals surface area contributed by atoms with Crippen LogP contribution in [0.25, 0.3) is 0 Å². The van der Waals surface area contributed by atoms with Crippen LogP contribution in [-0.2, 0) is 4.74 Å². The summed E-state index contributed by atoms with van der Waals surface area (Å²) in [6, 6.07) is 5.68. The summed E-state index contributed by atoms with van der Waals surface area (Å²) in [5.41, 5.74) is 0.594. The monoisotopic (exact) mass is 246 g/mol. The summed E-state index contributed by atoms with van der Waals surface area (Å²) in [6.45, 7) is 5.48. The van der Waals surface area contributed by atoms with Crippen LogP contribution in [0.4, 0.5) is 5.82 Å². The fourth-order valence-corrected chi connectivity index (χ4v) is 1.99. The fraction of sp³-hybridized carbons (Fsp3) is 0.538. The number of rotatable bonds is 4. The lowest BCUT2D eigenvalue weighted by Crippen LogP contribution is -2.31. The maximum atomic E-state index is 8.95. The molecule has 0 atom stereocenters. The van der Waals surface area contributed by atoms with Gasteiger partial charge in [-0.05, 0) is 18.6 Å². The zero-order chi connectivity index (χ0) is 12.6. The highest BCUT2D eigenvalue weighted by atomic mass is 16.5. The molecule has 2 rings (SSSR count). The molecule has 1 aromatic rings. The first-order valence-corrected chi connectivity index (χ1v) is 6.29. The van der Waals surface area contributed by atoms with Gasteiger partial charge < -0.3 is 10.1 Å². The van der Waals surface area contributed by atoms with Crippen LogP contribution in [0.3, 0.4) is 0 Å². The molecule has 0 amide bonds. The molecule has 1 N–H and O–H groups in total. The Bertz CT molecular complexity index is 408. The molecule has 0 saturated carbocycles. The highest BCUT2D eigenvalue weighted by molar-refractivity contribution is 5.51. The molecule has 1 saturated heterocycles. The summed E-state index contributed by atoms with van der Waals surface area (Å²) in [6.07, 6.45) is 2.79. The first-order valence-electron chi connectivity index (χ1n) is 6.29. The van der Waals surface area contributed by atoms with Crippen molar-refractivity contribution in [2.24, 2.45) is 0 Å². The molecule has 0 radical (unpaired) electrons. The zero-order valence-electron chi connectivity index (χ0n) is 10.4. The van der Waals surface area contributed by atoms with Crippen molar-refractivity contribution < 1.29 is 4.74 Å². The minimum atomic E-state index is 0.594. The average Bonchev–Trinajstić information content (AvgIpc) is 2.68. The second-order valence-electron chi connectivity index (χ2n) is 4.25. The standard InChI is InChI=1S/C13H18N4O/c14-11-12-3-1-4-15-13(12)16-5-7-17-6-2-9-18-10-8-17/h1,3-4H,2,5-10H2,(H,15,16). The predicted octanol–water partition coefficient (Wildman–Crippen LogP) is 1.09. The van der Waals surface area contributed by atoms with E-state index in [4.69, 9.17) is 10.00 Å². The number of hydrogen-bond acceptors (Lipinski definition) is 5. The number of hydrogen-bond donors (Lipinski definition) is 1. The fourth-order valence-electron chi connectivity index (χ4n) is 1.99. The minimum absolute atomic E-state index is 0.594. The van der Waals surface area contributed by atoms with Gasteiger partial charge in [0.2, 0.25) is 0 Å². The van der Waals surface area contributed by atoms with Crippen LogP contribution in [0.5, 0.6) is 0 Å². The summed E-state index contributed by atoms with van der Waals surface area (Å²) in [5.74, 6) is 0.672. The van der Waals surface area contributed by atoms with Gasteiger partial charge in [-0.25, -0.2) is 4.98 Å². The number of pyridine rings is 1. The molecule has 18 heavy (non-hydrogen) atoms. The zero-order valence-corrected chi connectivity index (χ0v) is 10.4. The molecule has 1 fully saturated rings. The second-order valence-corrected chi connectivity index (χ2v) is 4.25.